The fourth-order valence-electron chi connectivity index (χ4n) is 1.09. The van der Waals surface area contributed by atoms with E-state index in [2.05, 4.69) is 0 Å². The van der Waals surface area contributed by atoms with Gasteiger partial charge in [0.15, 0.2) is 5.78 Å². The van der Waals surface area contributed by atoms with E-state index in [9.17, 15) is 14.9 Å². The monoisotopic (exact) mass is 195 g/mol. The number of carbonyl (C=O) groups is 1. The Bertz CT molecular complexity index is 386. The molecule has 0 fully saturated rings. The third-order valence-electron chi connectivity index (χ3n) is 1.86. The van der Waals surface area contributed by atoms with E-state index in [1.165, 1.54) is 25.1 Å². The van der Waals surface area contributed by atoms with Gasteiger partial charge in [0, 0.05) is 11.6 Å². The van der Waals surface area contributed by atoms with Crippen LogP contribution < -0.4 is 0 Å². The maximum atomic E-state index is 10.9. The molecule has 1 aromatic rings. The van der Waals surface area contributed by atoms with E-state index in [1.807, 2.05) is 0 Å². The Labute approximate surface area is 80.1 Å². The van der Waals surface area contributed by atoms with Gasteiger partial charge < -0.3 is 5.11 Å². The van der Waals surface area contributed by atoms with Crippen molar-refractivity contribution in [3.63, 3.8) is 0 Å². The summed E-state index contributed by atoms with van der Waals surface area (Å²) in [6.45, 7) is 0.923. The first-order chi connectivity index (χ1) is 6.56. The van der Waals surface area contributed by atoms with Crippen LogP contribution in [0.15, 0.2) is 18.2 Å². The Balaban J connectivity index is 3.27. The van der Waals surface area contributed by atoms with Crippen LogP contribution >= 0.6 is 0 Å². The summed E-state index contributed by atoms with van der Waals surface area (Å²) in [7, 11) is 0. The van der Waals surface area contributed by atoms with Crippen molar-refractivity contribution in [1.29, 1.82) is 0 Å². The molecule has 1 rings (SSSR count). The van der Waals surface area contributed by atoms with Crippen molar-refractivity contribution in [3.8, 4) is 0 Å². The average molecular weight is 195 g/mol. The minimum Gasteiger partial charge on any atom is -0.391 e. The van der Waals surface area contributed by atoms with Gasteiger partial charge in [-0.3, -0.25) is 14.9 Å². The molecule has 0 heterocycles. The molecule has 5 heteroatoms. The number of nitro groups is 1. The summed E-state index contributed by atoms with van der Waals surface area (Å²) in [6.07, 6.45) is 0. The first-order valence-electron chi connectivity index (χ1n) is 3.95. The quantitative estimate of drug-likeness (QED) is 0.447. The summed E-state index contributed by atoms with van der Waals surface area (Å²) in [5.74, 6) is -0.238. The molecule has 1 aromatic carbocycles. The molecular weight excluding hydrogens is 186 g/mol. The molecule has 0 bridgehead atoms. The van der Waals surface area contributed by atoms with E-state index in [-0.39, 0.29) is 22.6 Å². The highest BCUT2D eigenvalue weighted by molar-refractivity contribution is 5.94. The van der Waals surface area contributed by atoms with Crippen molar-refractivity contribution in [2.75, 3.05) is 0 Å². The second-order valence-corrected chi connectivity index (χ2v) is 2.81. The van der Waals surface area contributed by atoms with Crippen LogP contribution in [0, 0.1) is 10.1 Å². The van der Waals surface area contributed by atoms with Crippen LogP contribution in [0.4, 0.5) is 5.69 Å². The van der Waals surface area contributed by atoms with Crippen molar-refractivity contribution in [1.82, 2.24) is 0 Å². The third-order valence-corrected chi connectivity index (χ3v) is 1.86. The molecule has 5 nitrogen and oxygen atoms in total. The van der Waals surface area contributed by atoms with Crippen LogP contribution in [0.3, 0.4) is 0 Å². The van der Waals surface area contributed by atoms with Crippen molar-refractivity contribution >= 4 is 11.5 Å². The van der Waals surface area contributed by atoms with E-state index in [4.69, 9.17) is 5.11 Å². The van der Waals surface area contributed by atoms with Crippen LogP contribution in [-0.2, 0) is 6.61 Å². The van der Waals surface area contributed by atoms with Crippen molar-refractivity contribution in [2.24, 2.45) is 0 Å². The SMILES string of the molecule is CC(=O)c1ccc(CO)c([N+](=O)[O-])c1. The maximum Gasteiger partial charge on any atom is 0.275 e. The second-order valence-electron chi connectivity index (χ2n) is 2.81. The van der Waals surface area contributed by atoms with Gasteiger partial charge in [-0.2, -0.15) is 0 Å². The van der Waals surface area contributed by atoms with Gasteiger partial charge in [-0.15, -0.1) is 0 Å². The largest absolute Gasteiger partial charge is 0.391 e. The highest BCUT2D eigenvalue weighted by Gasteiger charge is 2.14. The number of carbonyl (C=O) groups excluding carboxylic acids is 1. The lowest BCUT2D eigenvalue weighted by Gasteiger charge is -2.00. The summed E-state index contributed by atoms with van der Waals surface area (Å²) in [4.78, 5) is 20.9. The number of hydrogen-bond donors (Lipinski definition) is 1. The lowest BCUT2D eigenvalue weighted by molar-refractivity contribution is -0.385. The fraction of sp³-hybridized carbons (Fsp3) is 0.222. The number of benzene rings is 1. The molecule has 0 spiro atoms. The van der Waals surface area contributed by atoms with Gasteiger partial charge in [0.25, 0.3) is 5.69 Å². The highest BCUT2D eigenvalue weighted by Crippen LogP contribution is 2.20. The topological polar surface area (TPSA) is 80.4 Å². The Morgan fingerprint density at radius 1 is 1.57 bits per heavy atom. The number of nitrogens with zero attached hydrogens (tertiary/aromatic N) is 1. The fourth-order valence-corrected chi connectivity index (χ4v) is 1.09. The van der Waals surface area contributed by atoms with Crippen molar-refractivity contribution in [3.05, 3.63) is 39.4 Å². The number of aliphatic hydroxyl groups is 1. The highest BCUT2D eigenvalue weighted by atomic mass is 16.6. The predicted octanol–water partition coefficient (Wildman–Crippen LogP) is 1.29. The number of ketones is 1. The molecule has 0 radical (unpaired) electrons. The zero-order valence-corrected chi connectivity index (χ0v) is 7.56. The Morgan fingerprint density at radius 2 is 2.21 bits per heavy atom. The lowest BCUT2D eigenvalue weighted by Crippen LogP contribution is -1.99. The van der Waals surface area contributed by atoms with Gasteiger partial charge in [0.1, 0.15) is 0 Å². The molecule has 0 aromatic heterocycles. The van der Waals surface area contributed by atoms with Gasteiger partial charge in [0.2, 0.25) is 0 Å². The lowest BCUT2D eigenvalue weighted by atomic mass is 10.1. The molecule has 0 amide bonds. The van der Waals surface area contributed by atoms with Crippen LogP contribution in [0.5, 0.6) is 0 Å². The molecular formula is C9H9NO4. The predicted molar refractivity (Wildman–Crippen MR) is 49.0 cm³/mol. The van der Waals surface area contributed by atoms with Gasteiger partial charge in [-0.25, -0.2) is 0 Å². The van der Waals surface area contributed by atoms with Gasteiger partial charge in [0.05, 0.1) is 17.1 Å². The minimum absolute atomic E-state index is 0.208. The standard InChI is InChI=1S/C9H9NO4/c1-6(12)7-2-3-8(5-11)9(4-7)10(13)14/h2-4,11H,5H2,1H3. The molecule has 74 valence electrons. The Morgan fingerprint density at radius 3 is 2.64 bits per heavy atom. The van der Waals surface area contributed by atoms with E-state index in [0.29, 0.717) is 0 Å². The first kappa shape index (κ1) is 10.3. The third kappa shape index (κ3) is 1.94. The molecule has 0 saturated carbocycles. The zero-order chi connectivity index (χ0) is 10.7. The summed E-state index contributed by atoms with van der Waals surface area (Å²) in [5.41, 5.74) is 0.258. The average Bonchev–Trinajstić information content (AvgIpc) is 2.16. The number of Topliss-reactive ketones (excluding diaryl/α,β-unsaturated/α-hetero) is 1. The van der Waals surface area contributed by atoms with Crippen molar-refractivity contribution < 1.29 is 14.8 Å². The number of rotatable bonds is 3. The smallest absolute Gasteiger partial charge is 0.275 e. The minimum atomic E-state index is -0.613. The maximum absolute atomic E-state index is 10.9. The first-order valence-corrected chi connectivity index (χ1v) is 3.95. The van der Waals surface area contributed by atoms with Crippen molar-refractivity contribution in [2.45, 2.75) is 13.5 Å². The summed E-state index contributed by atoms with van der Waals surface area (Å²) in [6, 6.07) is 4.02. The summed E-state index contributed by atoms with van der Waals surface area (Å²) < 4.78 is 0. The molecule has 0 saturated heterocycles. The van der Waals surface area contributed by atoms with Gasteiger partial charge in [-0.05, 0) is 13.0 Å². The number of hydrogen-bond acceptors (Lipinski definition) is 4. The van der Waals surface area contributed by atoms with Crippen LogP contribution in [0.1, 0.15) is 22.8 Å². The molecule has 0 aliphatic heterocycles. The Kier molecular flexibility index (Phi) is 2.93. The van der Waals surface area contributed by atoms with E-state index >= 15 is 0 Å². The van der Waals surface area contributed by atoms with E-state index in [0.717, 1.165) is 0 Å². The van der Waals surface area contributed by atoms with Crippen LogP contribution in [0.2, 0.25) is 0 Å². The molecule has 1 N–H and O–H groups in total. The normalized spacial score (nSPS) is 9.86. The summed E-state index contributed by atoms with van der Waals surface area (Å²) in [5, 5.41) is 19.3. The van der Waals surface area contributed by atoms with E-state index in [1.54, 1.807) is 0 Å². The number of nitro benzene ring substituents is 1. The van der Waals surface area contributed by atoms with Gasteiger partial charge >= 0.3 is 0 Å². The molecule has 0 unspecified atom stereocenters. The summed E-state index contributed by atoms with van der Waals surface area (Å²) >= 11 is 0. The van der Waals surface area contributed by atoms with Crippen LogP contribution in [-0.4, -0.2) is 15.8 Å². The molecule has 14 heavy (non-hydrogen) atoms. The number of aliphatic hydroxyl groups excluding tert-OH is 1. The van der Waals surface area contributed by atoms with Gasteiger partial charge in [-0.1, -0.05) is 6.07 Å². The molecule has 0 aliphatic rings. The van der Waals surface area contributed by atoms with Crippen LogP contribution in [0.25, 0.3) is 0 Å². The second kappa shape index (κ2) is 3.97. The molecule has 0 atom stereocenters. The molecule has 0 aliphatic carbocycles. The zero-order valence-electron chi connectivity index (χ0n) is 7.56. The Hall–Kier alpha value is -1.75. The van der Waals surface area contributed by atoms with E-state index < -0.39 is 11.5 Å².